The third-order valence-electron chi connectivity index (χ3n) is 5.32. The number of hydrogen-bond donors (Lipinski definition) is 1. The molecule has 0 spiro atoms. The molecule has 0 saturated carbocycles. The molecule has 0 aliphatic carbocycles. The minimum atomic E-state index is -0.0409. The highest BCUT2D eigenvalue weighted by Gasteiger charge is 2.21. The van der Waals surface area contributed by atoms with E-state index in [1.807, 2.05) is 40.3 Å². The van der Waals surface area contributed by atoms with Crippen molar-refractivity contribution in [3.8, 4) is 17.2 Å². The first-order valence-corrected chi connectivity index (χ1v) is 9.85. The minimum absolute atomic E-state index is 0.00779. The van der Waals surface area contributed by atoms with Crippen LogP contribution in [0.1, 0.15) is 22.6 Å². The van der Waals surface area contributed by atoms with Crippen molar-refractivity contribution < 1.29 is 14.6 Å². The lowest BCUT2D eigenvalue weighted by Crippen LogP contribution is -2.10. The second-order valence-corrected chi connectivity index (χ2v) is 7.68. The monoisotopic (exact) mass is 406 g/mol. The van der Waals surface area contributed by atoms with Crippen LogP contribution in [0.25, 0.3) is 0 Å². The fourth-order valence-corrected chi connectivity index (χ4v) is 3.59. The topological polar surface area (TPSA) is 45.2 Å². The van der Waals surface area contributed by atoms with Gasteiger partial charge in [-0.2, -0.15) is 0 Å². The molecule has 0 aliphatic heterocycles. The van der Waals surface area contributed by atoms with Crippen molar-refractivity contribution in [3.63, 3.8) is 0 Å². The van der Waals surface area contributed by atoms with Gasteiger partial charge in [0.25, 0.3) is 0 Å². The van der Waals surface area contributed by atoms with Crippen LogP contribution >= 0.6 is 0 Å². The van der Waals surface area contributed by atoms with Crippen LogP contribution in [0.15, 0.2) is 60.7 Å². The van der Waals surface area contributed by atoms with Crippen molar-refractivity contribution in [1.29, 1.82) is 0 Å². The molecule has 3 aromatic rings. The van der Waals surface area contributed by atoms with E-state index in [9.17, 15) is 5.11 Å². The number of phenols is 1. The number of ether oxygens (including phenoxy) is 2. The lowest BCUT2D eigenvalue weighted by Gasteiger charge is -2.23. The smallest absolute Gasteiger partial charge is 0.200 e. The molecule has 0 atom stereocenters. The first kappa shape index (κ1) is 21.4. The van der Waals surface area contributed by atoms with Crippen LogP contribution in [0.3, 0.4) is 0 Å². The molecule has 158 valence electrons. The van der Waals surface area contributed by atoms with Crippen LogP contribution < -0.4 is 19.3 Å². The van der Waals surface area contributed by atoms with Gasteiger partial charge >= 0.3 is 0 Å². The number of rotatable bonds is 7. The Kier molecular flexibility index (Phi) is 6.40. The maximum Gasteiger partial charge on any atom is 0.200 e. The summed E-state index contributed by atoms with van der Waals surface area (Å²) in [6.07, 6.45) is 0. The Hall–Kier alpha value is -3.34. The molecule has 0 aliphatic rings. The van der Waals surface area contributed by atoms with Crippen LogP contribution in [0, 0.1) is 0 Å². The molecule has 5 nitrogen and oxygen atoms in total. The summed E-state index contributed by atoms with van der Waals surface area (Å²) in [5.41, 5.74) is 5.56. The first-order chi connectivity index (χ1) is 14.3. The SMILES string of the molecule is COc1cc(C(c2ccc(N(C)C)cc2)c2ccc(N(C)C)cc2)cc(OC)c1O. The summed E-state index contributed by atoms with van der Waals surface area (Å²) in [4.78, 5) is 4.16. The van der Waals surface area contributed by atoms with Crippen molar-refractivity contribution in [3.05, 3.63) is 77.4 Å². The summed E-state index contributed by atoms with van der Waals surface area (Å²) in [5.74, 6) is 0.752. The van der Waals surface area contributed by atoms with E-state index in [0.29, 0.717) is 11.5 Å². The summed E-state index contributed by atoms with van der Waals surface area (Å²) in [6.45, 7) is 0. The van der Waals surface area contributed by atoms with E-state index in [2.05, 4.69) is 58.3 Å². The summed E-state index contributed by atoms with van der Waals surface area (Å²) in [5, 5.41) is 10.4. The molecule has 0 bridgehead atoms. The molecule has 5 heteroatoms. The zero-order chi connectivity index (χ0) is 21.8. The Balaban J connectivity index is 2.17. The number of aromatic hydroxyl groups is 1. The highest BCUT2D eigenvalue weighted by Crippen LogP contribution is 2.42. The molecule has 0 aromatic heterocycles. The molecule has 3 aromatic carbocycles. The third kappa shape index (κ3) is 4.30. The van der Waals surface area contributed by atoms with Crippen LogP contribution in [-0.4, -0.2) is 47.5 Å². The Morgan fingerprint density at radius 2 is 1.00 bits per heavy atom. The normalized spacial score (nSPS) is 10.8. The van der Waals surface area contributed by atoms with Gasteiger partial charge in [0.2, 0.25) is 5.75 Å². The van der Waals surface area contributed by atoms with Gasteiger partial charge in [-0.1, -0.05) is 24.3 Å². The average molecular weight is 407 g/mol. The van der Waals surface area contributed by atoms with Crippen molar-refractivity contribution >= 4 is 11.4 Å². The molecule has 3 rings (SSSR count). The zero-order valence-electron chi connectivity index (χ0n) is 18.5. The predicted octanol–water partition coefficient (Wildman–Crippen LogP) is 4.72. The van der Waals surface area contributed by atoms with Gasteiger partial charge in [-0.25, -0.2) is 0 Å². The molecule has 0 radical (unpaired) electrons. The molecule has 0 amide bonds. The molecule has 30 heavy (non-hydrogen) atoms. The van der Waals surface area contributed by atoms with Crippen molar-refractivity contribution in [2.45, 2.75) is 5.92 Å². The van der Waals surface area contributed by atoms with Crippen LogP contribution in [-0.2, 0) is 0 Å². The molecule has 0 heterocycles. The minimum Gasteiger partial charge on any atom is -0.502 e. The van der Waals surface area contributed by atoms with E-state index in [4.69, 9.17) is 9.47 Å². The second kappa shape index (κ2) is 8.99. The molecule has 0 fully saturated rings. The van der Waals surface area contributed by atoms with Crippen LogP contribution in [0.2, 0.25) is 0 Å². The molecule has 0 unspecified atom stereocenters. The molecule has 1 N–H and O–H groups in total. The fraction of sp³-hybridized carbons (Fsp3) is 0.280. The Morgan fingerprint density at radius 3 is 1.30 bits per heavy atom. The summed E-state index contributed by atoms with van der Waals surface area (Å²) >= 11 is 0. The van der Waals surface area contributed by atoms with Crippen LogP contribution in [0.4, 0.5) is 11.4 Å². The molecular formula is C25H30N2O3. The van der Waals surface area contributed by atoms with Gasteiger partial charge in [0.1, 0.15) is 0 Å². The van der Waals surface area contributed by atoms with E-state index < -0.39 is 0 Å². The fourth-order valence-electron chi connectivity index (χ4n) is 3.59. The number of anilines is 2. The lowest BCUT2D eigenvalue weighted by atomic mass is 9.84. The average Bonchev–Trinajstić information content (AvgIpc) is 2.75. The van der Waals surface area contributed by atoms with Gasteiger partial charge in [0, 0.05) is 45.5 Å². The largest absolute Gasteiger partial charge is 0.502 e. The first-order valence-electron chi connectivity index (χ1n) is 9.85. The number of benzene rings is 3. The van der Waals surface area contributed by atoms with Gasteiger partial charge < -0.3 is 24.4 Å². The number of methoxy groups -OCH3 is 2. The third-order valence-corrected chi connectivity index (χ3v) is 5.32. The summed E-state index contributed by atoms with van der Waals surface area (Å²) in [6, 6.07) is 20.8. The highest BCUT2D eigenvalue weighted by atomic mass is 16.5. The van der Waals surface area contributed by atoms with Gasteiger partial charge in [-0.05, 0) is 53.1 Å². The maximum absolute atomic E-state index is 10.4. The van der Waals surface area contributed by atoms with Crippen molar-refractivity contribution in [2.24, 2.45) is 0 Å². The van der Waals surface area contributed by atoms with E-state index in [0.717, 1.165) is 28.1 Å². The Morgan fingerprint density at radius 1 is 0.633 bits per heavy atom. The van der Waals surface area contributed by atoms with Gasteiger partial charge in [0.15, 0.2) is 11.5 Å². The number of nitrogens with zero attached hydrogens (tertiary/aromatic N) is 2. The van der Waals surface area contributed by atoms with Gasteiger partial charge in [0.05, 0.1) is 14.2 Å². The zero-order valence-corrected chi connectivity index (χ0v) is 18.5. The van der Waals surface area contributed by atoms with Gasteiger partial charge in [-0.3, -0.25) is 0 Å². The molecular weight excluding hydrogens is 376 g/mol. The molecule has 0 saturated heterocycles. The van der Waals surface area contributed by atoms with E-state index in [1.165, 1.54) is 0 Å². The standard InChI is InChI=1S/C25H30N2O3/c1-26(2)20-11-7-17(8-12-20)24(18-9-13-21(14-10-18)27(3)4)19-15-22(29-5)25(28)23(16-19)30-6/h7-16,24,28H,1-6H3. The quantitative estimate of drug-likeness (QED) is 0.575. The summed E-state index contributed by atoms with van der Waals surface area (Å²) < 4.78 is 10.8. The maximum atomic E-state index is 10.4. The second-order valence-electron chi connectivity index (χ2n) is 7.68. The van der Waals surface area contributed by atoms with Crippen molar-refractivity contribution in [1.82, 2.24) is 0 Å². The van der Waals surface area contributed by atoms with Crippen molar-refractivity contribution in [2.75, 3.05) is 52.2 Å². The number of phenolic OH excluding ortho intramolecular Hbond substituents is 1. The van der Waals surface area contributed by atoms with E-state index in [1.54, 1.807) is 14.2 Å². The van der Waals surface area contributed by atoms with Crippen LogP contribution in [0.5, 0.6) is 17.2 Å². The Labute approximate surface area is 179 Å². The lowest BCUT2D eigenvalue weighted by molar-refractivity contribution is 0.339. The highest BCUT2D eigenvalue weighted by molar-refractivity contribution is 5.58. The van der Waals surface area contributed by atoms with E-state index >= 15 is 0 Å². The van der Waals surface area contributed by atoms with E-state index in [-0.39, 0.29) is 11.7 Å². The number of hydrogen-bond acceptors (Lipinski definition) is 5. The summed E-state index contributed by atoms with van der Waals surface area (Å²) in [7, 11) is 11.2. The van der Waals surface area contributed by atoms with Gasteiger partial charge in [-0.15, -0.1) is 0 Å². The predicted molar refractivity (Wildman–Crippen MR) is 124 cm³/mol. The Bertz CT molecular complexity index is 904.